The van der Waals surface area contributed by atoms with Crippen LogP contribution in [0.2, 0.25) is 10.0 Å². The SMILES string of the molecule is O=C(NCc1ccc(F)cc1)[C@H](C1CCCC1)N1CCN(C(=O)c2ccc(Cl)c(Cl)c2)CC1. The average Bonchev–Trinajstić information content (AvgIpc) is 3.35. The van der Waals surface area contributed by atoms with Crippen LogP contribution in [0.4, 0.5) is 4.39 Å². The van der Waals surface area contributed by atoms with E-state index in [9.17, 15) is 14.0 Å². The summed E-state index contributed by atoms with van der Waals surface area (Å²) in [4.78, 5) is 30.2. The molecule has 0 spiro atoms. The lowest BCUT2D eigenvalue weighted by Crippen LogP contribution is -2.57. The van der Waals surface area contributed by atoms with Gasteiger partial charge in [-0.25, -0.2) is 4.39 Å². The molecular formula is C25H28Cl2FN3O2. The quantitative estimate of drug-likeness (QED) is 0.633. The first kappa shape index (κ1) is 24.0. The summed E-state index contributed by atoms with van der Waals surface area (Å²) in [5.41, 5.74) is 1.38. The van der Waals surface area contributed by atoms with Crippen molar-refractivity contribution < 1.29 is 14.0 Å². The van der Waals surface area contributed by atoms with Crippen molar-refractivity contribution >= 4 is 35.0 Å². The van der Waals surface area contributed by atoms with Gasteiger partial charge in [0, 0.05) is 38.3 Å². The smallest absolute Gasteiger partial charge is 0.253 e. The predicted octanol–water partition coefficient (Wildman–Crippen LogP) is 4.77. The second-order valence-electron chi connectivity index (χ2n) is 8.79. The maximum Gasteiger partial charge on any atom is 0.253 e. The molecule has 176 valence electrons. The van der Waals surface area contributed by atoms with Crippen LogP contribution in [-0.4, -0.2) is 53.8 Å². The van der Waals surface area contributed by atoms with E-state index in [1.54, 1.807) is 35.2 Å². The second kappa shape index (κ2) is 10.9. The van der Waals surface area contributed by atoms with Crippen molar-refractivity contribution in [3.8, 4) is 0 Å². The van der Waals surface area contributed by atoms with Crippen LogP contribution >= 0.6 is 23.2 Å². The Morgan fingerprint density at radius 2 is 1.64 bits per heavy atom. The van der Waals surface area contributed by atoms with Crippen molar-refractivity contribution in [1.82, 2.24) is 15.1 Å². The zero-order valence-electron chi connectivity index (χ0n) is 18.4. The molecule has 0 bridgehead atoms. The fraction of sp³-hybridized carbons (Fsp3) is 0.440. The molecule has 1 saturated carbocycles. The number of hydrogen-bond donors (Lipinski definition) is 1. The first-order valence-corrected chi connectivity index (χ1v) is 12.2. The van der Waals surface area contributed by atoms with E-state index in [0.717, 1.165) is 31.2 Å². The Kier molecular flexibility index (Phi) is 7.89. The van der Waals surface area contributed by atoms with Crippen LogP contribution in [0.25, 0.3) is 0 Å². The molecule has 0 aromatic heterocycles. The van der Waals surface area contributed by atoms with E-state index < -0.39 is 0 Å². The van der Waals surface area contributed by atoms with E-state index >= 15 is 0 Å². The van der Waals surface area contributed by atoms with E-state index in [4.69, 9.17) is 23.2 Å². The molecular weight excluding hydrogens is 464 g/mol. The fourth-order valence-electron chi connectivity index (χ4n) is 4.86. The van der Waals surface area contributed by atoms with E-state index in [1.807, 2.05) is 0 Å². The molecule has 5 nitrogen and oxygen atoms in total. The summed E-state index contributed by atoms with van der Waals surface area (Å²) in [7, 11) is 0. The molecule has 1 N–H and O–H groups in total. The molecule has 0 radical (unpaired) electrons. The topological polar surface area (TPSA) is 52.7 Å². The number of nitrogens with one attached hydrogen (secondary N) is 1. The van der Waals surface area contributed by atoms with E-state index in [0.29, 0.717) is 54.3 Å². The number of rotatable bonds is 6. The minimum absolute atomic E-state index is 0.00971. The van der Waals surface area contributed by atoms with Gasteiger partial charge in [0.1, 0.15) is 5.82 Å². The third-order valence-electron chi connectivity index (χ3n) is 6.66. The lowest BCUT2D eigenvalue weighted by Gasteiger charge is -2.40. The van der Waals surface area contributed by atoms with Crippen LogP contribution in [0.3, 0.4) is 0 Å². The first-order chi connectivity index (χ1) is 15.9. The van der Waals surface area contributed by atoms with Crippen molar-refractivity contribution in [3.05, 3.63) is 69.5 Å². The summed E-state index contributed by atoms with van der Waals surface area (Å²) < 4.78 is 13.2. The number of carbonyl (C=O) groups excluding carboxylic acids is 2. The lowest BCUT2D eigenvalue weighted by atomic mass is 9.94. The number of hydrogen-bond acceptors (Lipinski definition) is 3. The summed E-state index contributed by atoms with van der Waals surface area (Å²) in [5.74, 6) is -0.0420. The van der Waals surface area contributed by atoms with Crippen LogP contribution < -0.4 is 5.32 Å². The highest BCUT2D eigenvalue weighted by molar-refractivity contribution is 6.42. The molecule has 2 fully saturated rings. The third-order valence-corrected chi connectivity index (χ3v) is 7.40. The molecule has 1 atom stereocenters. The Hall–Kier alpha value is -2.15. The highest BCUT2D eigenvalue weighted by atomic mass is 35.5. The van der Waals surface area contributed by atoms with Crippen LogP contribution in [0.1, 0.15) is 41.6 Å². The third kappa shape index (κ3) is 5.86. The van der Waals surface area contributed by atoms with Gasteiger partial charge in [0.25, 0.3) is 5.91 Å². The van der Waals surface area contributed by atoms with Crippen molar-refractivity contribution in [2.24, 2.45) is 5.92 Å². The van der Waals surface area contributed by atoms with Gasteiger partial charge >= 0.3 is 0 Å². The standard InChI is InChI=1S/C25H28Cl2FN3O2/c26-21-10-7-19(15-22(21)27)25(33)31-13-11-30(12-14-31)23(18-3-1-2-4-18)24(32)29-16-17-5-8-20(28)9-6-17/h5-10,15,18,23H,1-4,11-14,16H2,(H,29,32)/t23-/m0/s1. The molecule has 1 aliphatic carbocycles. The van der Waals surface area contributed by atoms with E-state index in [1.165, 1.54) is 12.1 Å². The van der Waals surface area contributed by atoms with Gasteiger partial charge in [-0.1, -0.05) is 48.2 Å². The molecule has 2 aromatic rings. The Morgan fingerprint density at radius 3 is 2.27 bits per heavy atom. The van der Waals surface area contributed by atoms with Crippen molar-refractivity contribution in [3.63, 3.8) is 0 Å². The maximum atomic E-state index is 13.2. The van der Waals surface area contributed by atoms with Crippen LogP contribution in [0.5, 0.6) is 0 Å². The van der Waals surface area contributed by atoms with Crippen molar-refractivity contribution in [2.45, 2.75) is 38.3 Å². The molecule has 8 heteroatoms. The van der Waals surface area contributed by atoms with Gasteiger partial charge in [0.15, 0.2) is 0 Å². The molecule has 1 saturated heterocycles. The normalized spacial score (nSPS) is 18.3. The van der Waals surface area contributed by atoms with Gasteiger partial charge in [-0.05, 0) is 54.7 Å². The van der Waals surface area contributed by atoms with Crippen LogP contribution in [0, 0.1) is 11.7 Å². The van der Waals surface area contributed by atoms with E-state index in [-0.39, 0.29) is 23.7 Å². The zero-order valence-corrected chi connectivity index (χ0v) is 19.9. The number of benzene rings is 2. The highest BCUT2D eigenvalue weighted by Gasteiger charge is 2.37. The molecule has 33 heavy (non-hydrogen) atoms. The Balaban J connectivity index is 1.39. The molecule has 0 unspecified atom stereocenters. The number of amides is 2. The highest BCUT2D eigenvalue weighted by Crippen LogP contribution is 2.31. The minimum Gasteiger partial charge on any atom is -0.351 e. The average molecular weight is 492 g/mol. The first-order valence-electron chi connectivity index (χ1n) is 11.4. The summed E-state index contributed by atoms with van der Waals surface area (Å²) >= 11 is 12.0. The number of halogens is 3. The van der Waals surface area contributed by atoms with Gasteiger partial charge in [-0.15, -0.1) is 0 Å². The van der Waals surface area contributed by atoms with Gasteiger partial charge < -0.3 is 10.2 Å². The van der Waals surface area contributed by atoms with Gasteiger partial charge in [0.2, 0.25) is 5.91 Å². The number of nitrogens with zero attached hydrogens (tertiary/aromatic N) is 2. The van der Waals surface area contributed by atoms with Crippen molar-refractivity contribution in [1.29, 1.82) is 0 Å². The number of piperazine rings is 1. The summed E-state index contributed by atoms with van der Waals surface area (Å²) in [6, 6.07) is 10.9. The maximum absolute atomic E-state index is 13.2. The second-order valence-corrected chi connectivity index (χ2v) is 9.61. The molecule has 4 rings (SSSR count). The molecule has 1 heterocycles. The Morgan fingerprint density at radius 1 is 0.970 bits per heavy atom. The van der Waals surface area contributed by atoms with Crippen LogP contribution in [0.15, 0.2) is 42.5 Å². The van der Waals surface area contributed by atoms with Gasteiger partial charge in [-0.3, -0.25) is 14.5 Å². The predicted molar refractivity (Wildman–Crippen MR) is 128 cm³/mol. The summed E-state index contributed by atoms with van der Waals surface area (Å²) in [5, 5.41) is 3.84. The van der Waals surface area contributed by atoms with E-state index in [2.05, 4.69) is 10.2 Å². The summed E-state index contributed by atoms with van der Waals surface area (Å²) in [6.45, 7) is 2.75. The molecule has 1 aliphatic heterocycles. The zero-order chi connectivity index (χ0) is 23.4. The van der Waals surface area contributed by atoms with Gasteiger partial charge in [0.05, 0.1) is 16.1 Å². The Bertz CT molecular complexity index is 988. The molecule has 2 amide bonds. The minimum atomic E-state index is -0.290. The number of carbonyl (C=O) groups is 2. The van der Waals surface area contributed by atoms with Gasteiger partial charge in [-0.2, -0.15) is 0 Å². The largest absolute Gasteiger partial charge is 0.351 e. The van der Waals surface area contributed by atoms with Crippen LogP contribution in [-0.2, 0) is 11.3 Å². The van der Waals surface area contributed by atoms with Crippen molar-refractivity contribution in [2.75, 3.05) is 26.2 Å². The monoisotopic (exact) mass is 491 g/mol. The summed E-state index contributed by atoms with van der Waals surface area (Å²) in [6.07, 6.45) is 4.36. The lowest BCUT2D eigenvalue weighted by molar-refractivity contribution is -0.129. The Labute approximate surface area is 203 Å². The molecule has 2 aromatic carbocycles. The molecule has 2 aliphatic rings. The fourth-order valence-corrected chi connectivity index (χ4v) is 5.16.